The van der Waals surface area contributed by atoms with Gasteiger partial charge >= 0.3 is 0 Å². The van der Waals surface area contributed by atoms with E-state index in [0.717, 1.165) is 55.6 Å². The lowest BCUT2D eigenvalue weighted by Crippen LogP contribution is -2.52. The van der Waals surface area contributed by atoms with Crippen LogP contribution in [-0.4, -0.2) is 30.2 Å². The Bertz CT molecular complexity index is 513. The predicted molar refractivity (Wildman–Crippen MR) is 96.9 cm³/mol. The molecule has 3 heteroatoms. The molecule has 5 fully saturated rings. The fourth-order valence-corrected chi connectivity index (χ4v) is 8.42. The minimum absolute atomic E-state index is 0.0147. The second-order valence-electron chi connectivity index (χ2n) is 10.3. The molecule has 3 nitrogen and oxygen atoms in total. The van der Waals surface area contributed by atoms with Crippen molar-refractivity contribution in [1.29, 1.82) is 0 Å². The van der Waals surface area contributed by atoms with Gasteiger partial charge in [-0.1, -0.05) is 6.92 Å². The zero-order valence-corrected chi connectivity index (χ0v) is 16.1. The lowest BCUT2D eigenvalue weighted by atomic mass is 9.49. The Hall–Kier alpha value is -0.120. The molecular weight excluding hydrogens is 312 g/mol. The molecule has 0 aromatic heterocycles. The second-order valence-corrected chi connectivity index (χ2v) is 10.3. The van der Waals surface area contributed by atoms with Gasteiger partial charge in [-0.15, -0.1) is 0 Å². The number of aliphatic hydroxyl groups excluding tert-OH is 1. The Morgan fingerprint density at radius 2 is 1.56 bits per heavy atom. The summed E-state index contributed by atoms with van der Waals surface area (Å²) >= 11 is 0. The van der Waals surface area contributed by atoms with Crippen molar-refractivity contribution in [2.75, 3.05) is 13.2 Å². The first-order valence-corrected chi connectivity index (χ1v) is 11.0. The van der Waals surface area contributed by atoms with E-state index in [2.05, 4.69) is 13.8 Å². The van der Waals surface area contributed by atoms with Crippen molar-refractivity contribution in [3.8, 4) is 0 Å². The molecule has 5 aliphatic rings. The van der Waals surface area contributed by atoms with Crippen molar-refractivity contribution >= 4 is 0 Å². The number of hydrogen-bond acceptors (Lipinski definition) is 3. The summed E-state index contributed by atoms with van der Waals surface area (Å²) in [5.41, 5.74) is 0.404. The van der Waals surface area contributed by atoms with E-state index in [1.807, 2.05) is 0 Å². The molecule has 1 heterocycles. The average molecular weight is 349 g/mol. The zero-order valence-electron chi connectivity index (χ0n) is 16.1. The van der Waals surface area contributed by atoms with E-state index >= 15 is 0 Å². The molecule has 4 aliphatic carbocycles. The number of aliphatic hydroxyl groups is 1. The van der Waals surface area contributed by atoms with Crippen LogP contribution in [0.1, 0.15) is 71.6 Å². The Morgan fingerprint density at radius 1 is 0.800 bits per heavy atom. The molecule has 5 unspecified atom stereocenters. The van der Waals surface area contributed by atoms with Crippen molar-refractivity contribution in [1.82, 2.24) is 0 Å². The van der Waals surface area contributed by atoms with Crippen molar-refractivity contribution < 1.29 is 14.6 Å². The normalized spacial score (nSPS) is 54.6. The van der Waals surface area contributed by atoms with Crippen molar-refractivity contribution in [3.63, 3.8) is 0 Å². The number of ether oxygens (including phenoxy) is 2. The van der Waals surface area contributed by atoms with Crippen LogP contribution in [0.4, 0.5) is 0 Å². The van der Waals surface area contributed by atoms with Crippen LogP contribution < -0.4 is 0 Å². The topological polar surface area (TPSA) is 38.7 Å². The van der Waals surface area contributed by atoms with Gasteiger partial charge in [0, 0.05) is 5.92 Å². The van der Waals surface area contributed by atoms with E-state index in [0.29, 0.717) is 11.3 Å². The molecule has 0 amide bonds. The Kier molecular flexibility index (Phi) is 4.04. The molecule has 1 aliphatic heterocycles. The van der Waals surface area contributed by atoms with E-state index in [1.54, 1.807) is 0 Å². The monoisotopic (exact) mass is 348 g/mol. The Labute approximate surface area is 152 Å². The molecule has 5 rings (SSSR count). The molecular formula is C22H36O3. The summed E-state index contributed by atoms with van der Waals surface area (Å²) in [5.74, 6) is 4.67. The van der Waals surface area contributed by atoms with Crippen LogP contribution in [0.15, 0.2) is 0 Å². The number of fused-ring (bicyclic) bond motifs is 5. The van der Waals surface area contributed by atoms with Gasteiger partial charge in [-0.3, -0.25) is 0 Å². The summed E-state index contributed by atoms with van der Waals surface area (Å²) in [6.07, 6.45) is 11.6. The average Bonchev–Trinajstić information content (AvgIpc) is 3.18. The third-order valence-corrected chi connectivity index (χ3v) is 9.42. The van der Waals surface area contributed by atoms with Crippen LogP contribution in [0.25, 0.3) is 0 Å². The van der Waals surface area contributed by atoms with Crippen LogP contribution in [0.3, 0.4) is 0 Å². The van der Waals surface area contributed by atoms with Gasteiger partial charge < -0.3 is 14.6 Å². The summed E-state index contributed by atoms with van der Waals surface area (Å²) in [6, 6.07) is 0. The lowest BCUT2D eigenvalue weighted by Gasteiger charge is -2.57. The van der Waals surface area contributed by atoms with Gasteiger partial charge in [-0.2, -0.15) is 0 Å². The quantitative estimate of drug-likeness (QED) is 0.764. The summed E-state index contributed by atoms with van der Waals surface area (Å²) in [6.45, 7) is 6.32. The van der Waals surface area contributed by atoms with Crippen LogP contribution in [-0.2, 0) is 9.47 Å². The van der Waals surface area contributed by atoms with Crippen LogP contribution >= 0.6 is 0 Å². The number of rotatable bonds is 1. The molecule has 0 spiro atoms. The maximum Gasteiger partial charge on any atom is 0.169 e. The fourth-order valence-electron chi connectivity index (χ4n) is 8.42. The summed E-state index contributed by atoms with van der Waals surface area (Å²) < 4.78 is 12.2. The molecule has 1 saturated heterocycles. The molecule has 4 saturated carbocycles. The van der Waals surface area contributed by atoms with Gasteiger partial charge in [-0.25, -0.2) is 0 Å². The van der Waals surface area contributed by atoms with Crippen molar-refractivity contribution in [2.45, 2.75) is 83.5 Å². The molecule has 25 heavy (non-hydrogen) atoms. The smallest absolute Gasteiger partial charge is 0.169 e. The highest BCUT2D eigenvalue weighted by molar-refractivity contribution is 5.08. The van der Waals surface area contributed by atoms with Gasteiger partial charge in [0.25, 0.3) is 0 Å². The maximum atomic E-state index is 10.1. The van der Waals surface area contributed by atoms with Gasteiger partial charge in [0.05, 0.1) is 19.3 Å². The summed E-state index contributed by atoms with van der Waals surface area (Å²) in [7, 11) is 0. The summed E-state index contributed by atoms with van der Waals surface area (Å²) in [4.78, 5) is 0. The summed E-state index contributed by atoms with van der Waals surface area (Å²) in [5, 5.41) is 10.1. The minimum Gasteiger partial charge on any atom is -0.393 e. The van der Waals surface area contributed by atoms with Gasteiger partial charge in [0.1, 0.15) is 0 Å². The molecule has 0 aromatic carbocycles. The first kappa shape index (κ1) is 17.0. The largest absolute Gasteiger partial charge is 0.393 e. The van der Waals surface area contributed by atoms with Gasteiger partial charge in [-0.05, 0) is 99.7 Å². The van der Waals surface area contributed by atoms with E-state index in [1.165, 1.54) is 44.9 Å². The van der Waals surface area contributed by atoms with E-state index in [-0.39, 0.29) is 11.9 Å². The molecule has 0 aromatic rings. The predicted octanol–water partition coefficient (Wildman–Crippen LogP) is 4.38. The van der Waals surface area contributed by atoms with Crippen LogP contribution in [0, 0.1) is 40.9 Å². The Morgan fingerprint density at radius 3 is 2.36 bits per heavy atom. The standard InChI is InChI=1S/C22H36O3/c1-21-10-9-17-16-6-4-15(23)13-14(16)3-5-18(17)19(21)7-8-20(21)22(2)24-11-12-25-22/h14-20,23H,3-13H2,1-2H3/t14?,15?,16-,17?,18?,19?,20-,21-/m0/s1. The van der Waals surface area contributed by atoms with E-state index < -0.39 is 0 Å². The molecule has 0 radical (unpaired) electrons. The van der Waals surface area contributed by atoms with Gasteiger partial charge in [0.15, 0.2) is 5.79 Å². The zero-order chi connectivity index (χ0) is 17.2. The first-order chi connectivity index (χ1) is 12.0. The van der Waals surface area contributed by atoms with Crippen LogP contribution in [0.5, 0.6) is 0 Å². The van der Waals surface area contributed by atoms with E-state index in [9.17, 15) is 5.11 Å². The molecule has 1 N–H and O–H groups in total. The second kappa shape index (κ2) is 5.94. The van der Waals surface area contributed by atoms with Crippen molar-refractivity contribution in [2.24, 2.45) is 40.9 Å². The maximum absolute atomic E-state index is 10.1. The molecule has 142 valence electrons. The van der Waals surface area contributed by atoms with Crippen molar-refractivity contribution in [3.05, 3.63) is 0 Å². The Balaban J connectivity index is 1.38. The van der Waals surface area contributed by atoms with Gasteiger partial charge in [0.2, 0.25) is 0 Å². The third-order valence-electron chi connectivity index (χ3n) is 9.42. The highest BCUT2D eigenvalue weighted by Gasteiger charge is 2.61. The first-order valence-electron chi connectivity index (χ1n) is 11.0. The highest BCUT2D eigenvalue weighted by Crippen LogP contribution is 2.66. The van der Waals surface area contributed by atoms with E-state index in [4.69, 9.17) is 9.47 Å². The SMILES string of the molecule is CC1([C@H]2CCC3C4CCC5CC(O)CC[C@@H]5C4CC[C@@]32C)OCCO1. The minimum atomic E-state index is -0.331. The molecule has 0 bridgehead atoms. The lowest BCUT2D eigenvalue weighted by molar-refractivity contribution is -0.215. The number of hydrogen-bond donors (Lipinski definition) is 1. The molecule has 8 atom stereocenters. The highest BCUT2D eigenvalue weighted by atomic mass is 16.7. The van der Waals surface area contributed by atoms with Crippen LogP contribution in [0.2, 0.25) is 0 Å². The fraction of sp³-hybridized carbons (Fsp3) is 1.00. The third kappa shape index (κ3) is 2.48.